The lowest BCUT2D eigenvalue weighted by molar-refractivity contribution is -0.384. The Morgan fingerprint density at radius 3 is 2.30 bits per heavy atom. The number of nitrogens with one attached hydrogen (secondary N) is 1. The molecule has 7 heteroatoms. The molecule has 2 aromatic rings. The number of para-hydroxylation sites is 1. The van der Waals surface area contributed by atoms with Gasteiger partial charge in [-0.1, -0.05) is 32.0 Å². The highest BCUT2D eigenvalue weighted by atomic mass is 32.2. The van der Waals surface area contributed by atoms with Crippen molar-refractivity contribution in [3.8, 4) is 0 Å². The summed E-state index contributed by atoms with van der Waals surface area (Å²) in [6.07, 6.45) is 0.885. The van der Waals surface area contributed by atoms with Crippen LogP contribution in [0.2, 0.25) is 0 Å². The average molecular weight is 334 g/mol. The minimum Gasteiger partial charge on any atom is -0.279 e. The molecule has 0 radical (unpaired) electrons. The SMILES string of the molecule is CC[C@H](C)c1ccccc1NS(=O)(=O)c1ccc([N+](=O)[O-])cc1. The summed E-state index contributed by atoms with van der Waals surface area (Å²) in [4.78, 5) is 10.1. The Bertz CT molecular complexity index is 801. The summed E-state index contributed by atoms with van der Waals surface area (Å²) in [6, 6.07) is 12.0. The Hall–Kier alpha value is -2.41. The Labute approximate surface area is 135 Å². The number of benzene rings is 2. The molecule has 0 saturated carbocycles. The maximum Gasteiger partial charge on any atom is 0.269 e. The Kier molecular flexibility index (Phi) is 5.00. The Morgan fingerprint density at radius 2 is 1.74 bits per heavy atom. The van der Waals surface area contributed by atoms with E-state index in [9.17, 15) is 18.5 Å². The van der Waals surface area contributed by atoms with Gasteiger partial charge in [0.2, 0.25) is 0 Å². The van der Waals surface area contributed by atoms with E-state index < -0.39 is 14.9 Å². The van der Waals surface area contributed by atoms with Gasteiger partial charge in [-0.05, 0) is 36.1 Å². The van der Waals surface area contributed by atoms with Gasteiger partial charge in [-0.15, -0.1) is 0 Å². The van der Waals surface area contributed by atoms with E-state index >= 15 is 0 Å². The summed E-state index contributed by atoms with van der Waals surface area (Å²) in [7, 11) is -3.79. The van der Waals surface area contributed by atoms with E-state index in [2.05, 4.69) is 4.72 Å². The molecule has 1 N–H and O–H groups in total. The fraction of sp³-hybridized carbons (Fsp3) is 0.250. The molecule has 6 nitrogen and oxygen atoms in total. The van der Waals surface area contributed by atoms with Crippen LogP contribution in [0.4, 0.5) is 11.4 Å². The number of anilines is 1. The van der Waals surface area contributed by atoms with Crippen molar-refractivity contribution < 1.29 is 13.3 Å². The fourth-order valence-corrected chi connectivity index (χ4v) is 3.28. The second kappa shape index (κ2) is 6.78. The van der Waals surface area contributed by atoms with E-state index in [4.69, 9.17) is 0 Å². The molecule has 0 aliphatic carbocycles. The Morgan fingerprint density at radius 1 is 1.13 bits per heavy atom. The molecule has 0 aromatic heterocycles. The predicted octanol–water partition coefficient (Wildman–Crippen LogP) is 3.91. The zero-order chi connectivity index (χ0) is 17.0. The number of nitrogens with zero attached hydrogens (tertiary/aromatic N) is 1. The summed E-state index contributed by atoms with van der Waals surface area (Å²) in [5.74, 6) is 0.214. The van der Waals surface area contributed by atoms with Crippen LogP contribution in [0.25, 0.3) is 0 Å². The largest absolute Gasteiger partial charge is 0.279 e. The van der Waals surface area contributed by atoms with Crippen molar-refractivity contribution in [3.05, 3.63) is 64.2 Å². The molecule has 2 aromatic carbocycles. The van der Waals surface area contributed by atoms with Gasteiger partial charge in [0.25, 0.3) is 15.7 Å². The fourth-order valence-electron chi connectivity index (χ4n) is 2.19. The molecule has 0 amide bonds. The average Bonchev–Trinajstić information content (AvgIpc) is 2.54. The molecule has 2 rings (SSSR count). The van der Waals surface area contributed by atoms with Crippen LogP contribution in [-0.2, 0) is 10.0 Å². The van der Waals surface area contributed by atoms with Crippen molar-refractivity contribution in [1.29, 1.82) is 0 Å². The number of sulfonamides is 1. The standard InChI is InChI=1S/C16H18N2O4S/c1-3-12(2)15-6-4-5-7-16(15)17-23(21,22)14-10-8-13(9-11-14)18(19)20/h4-12,17H,3H2,1-2H3/t12-/m0/s1. The third kappa shape index (κ3) is 3.87. The van der Waals surface area contributed by atoms with Crippen LogP contribution in [-0.4, -0.2) is 13.3 Å². The molecule has 0 fully saturated rings. The number of nitro groups is 1. The molecule has 1 atom stereocenters. The van der Waals surface area contributed by atoms with E-state index in [1.807, 2.05) is 26.0 Å². The first kappa shape index (κ1) is 17.0. The molecule has 0 spiro atoms. The first-order valence-electron chi connectivity index (χ1n) is 7.21. The van der Waals surface area contributed by atoms with Gasteiger partial charge >= 0.3 is 0 Å². The molecule has 0 aliphatic rings. The van der Waals surface area contributed by atoms with Gasteiger partial charge in [0.05, 0.1) is 15.5 Å². The van der Waals surface area contributed by atoms with E-state index in [1.54, 1.807) is 12.1 Å². The van der Waals surface area contributed by atoms with Gasteiger partial charge in [0.15, 0.2) is 0 Å². The second-order valence-electron chi connectivity index (χ2n) is 5.25. The second-order valence-corrected chi connectivity index (χ2v) is 6.94. The van der Waals surface area contributed by atoms with Crippen molar-refractivity contribution in [1.82, 2.24) is 0 Å². The van der Waals surface area contributed by atoms with Gasteiger partial charge in [-0.25, -0.2) is 8.42 Å². The third-order valence-corrected chi connectivity index (χ3v) is 5.09. The normalized spacial score (nSPS) is 12.6. The minimum absolute atomic E-state index is 0.0120. The van der Waals surface area contributed by atoms with E-state index in [-0.39, 0.29) is 16.5 Å². The van der Waals surface area contributed by atoms with Crippen LogP contribution >= 0.6 is 0 Å². The maximum atomic E-state index is 12.5. The summed E-state index contributed by atoms with van der Waals surface area (Å²) >= 11 is 0. The topological polar surface area (TPSA) is 89.3 Å². The highest BCUT2D eigenvalue weighted by molar-refractivity contribution is 7.92. The molecule has 122 valence electrons. The van der Waals surface area contributed by atoms with Gasteiger partial charge in [-0.3, -0.25) is 14.8 Å². The van der Waals surface area contributed by atoms with E-state index in [1.165, 1.54) is 24.3 Å². The molecule has 0 unspecified atom stereocenters. The van der Waals surface area contributed by atoms with Crippen molar-refractivity contribution in [2.24, 2.45) is 0 Å². The third-order valence-electron chi connectivity index (χ3n) is 3.71. The first-order chi connectivity index (χ1) is 10.8. The number of hydrogen-bond acceptors (Lipinski definition) is 4. The van der Waals surface area contributed by atoms with Crippen molar-refractivity contribution in [2.75, 3.05) is 4.72 Å². The minimum atomic E-state index is -3.79. The highest BCUT2D eigenvalue weighted by Crippen LogP contribution is 2.28. The van der Waals surface area contributed by atoms with E-state index in [0.29, 0.717) is 5.69 Å². The van der Waals surface area contributed by atoms with Crippen molar-refractivity contribution in [3.63, 3.8) is 0 Å². The molecule has 0 saturated heterocycles. The lowest BCUT2D eigenvalue weighted by atomic mass is 9.97. The van der Waals surface area contributed by atoms with Crippen LogP contribution in [0.15, 0.2) is 53.4 Å². The summed E-state index contributed by atoms with van der Waals surface area (Å²) in [6.45, 7) is 4.06. The number of rotatable bonds is 6. The van der Waals surface area contributed by atoms with Gasteiger partial charge < -0.3 is 0 Å². The van der Waals surface area contributed by atoms with E-state index in [0.717, 1.165) is 12.0 Å². The Balaban J connectivity index is 2.33. The molecular formula is C16H18N2O4S. The summed E-state index contributed by atoms with van der Waals surface area (Å²) in [5.41, 5.74) is 1.30. The quantitative estimate of drug-likeness (QED) is 0.640. The van der Waals surface area contributed by atoms with Crippen LogP contribution < -0.4 is 4.72 Å². The zero-order valence-corrected chi connectivity index (χ0v) is 13.7. The van der Waals surface area contributed by atoms with Gasteiger partial charge in [0.1, 0.15) is 0 Å². The molecular weight excluding hydrogens is 316 g/mol. The van der Waals surface area contributed by atoms with Crippen molar-refractivity contribution in [2.45, 2.75) is 31.1 Å². The number of nitro benzene ring substituents is 1. The maximum absolute atomic E-state index is 12.5. The lowest BCUT2D eigenvalue weighted by Crippen LogP contribution is -2.14. The number of non-ortho nitro benzene ring substituents is 1. The molecule has 0 heterocycles. The van der Waals surface area contributed by atoms with Crippen LogP contribution in [0.3, 0.4) is 0 Å². The monoisotopic (exact) mass is 334 g/mol. The summed E-state index contributed by atoms with van der Waals surface area (Å²) in [5, 5.41) is 10.6. The molecule has 0 bridgehead atoms. The zero-order valence-electron chi connectivity index (χ0n) is 12.9. The molecule has 23 heavy (non-hydrogen) atoms. The predicted molar refractivity (Wildman–Crippen MR) is 89.1 cm³/mol. The van der Waals surface area contributed by atoms with Crippen LogP contribution in [0.5, 0.6) is 0 Å². The molecule has 0 aliphatic heterocycles. The lowest BCUT2D eigenvalue weighted by Gasteiger charge is -2.16. The smallest absolute Gasteiger partial charge is 0.269 e. The highest BCUT2D eigenvalue weighted by Gasteiger charge is 2.18. The first-order valence-corrected chi connectivity index (χ1v) is 8.69. The van der Waals surface area contributed by atoms with Crippen LogP contribution in [0.1, 0.15) is 31.7 Å². The van der Waals surface area contributed by atoms with Crippen LogP contribution in [0, 0.1) is 10.1 Å². The number of hydrogen-bond donors (Lipinski definition) is 1. The van der Waals surface area contributed by atoms with Crippen molar-refractivity contribution >= 4 is 21.4 Å². The summed E-state index contributed by atoms with van der Waals surface area (Å²) < 4.78 is 27.5. The van der Waals surface area contributed by atoms with Gasteiger partial charge in [-0.2, -0.15) is 0 Å². The van der Waals surface area contributed by atoms with Gasteiger partial charge in [0, 0.05) is 12.1 Å².